The van der Waals surface area contributed by atoms with Crippen molar-refractivity contribution in [2.45, 2.75) is 25.8 Å². The number of rotatable bonds is 6. The first-order valence-electron chi connectivity index (χ1n) is 11.6. The first-order valence-corrected chi connectivity index (χ1v) is 11.6. The van der Waals surface area contributed by atoms with E-state index in [1.807, 2.05) is 44.6 Å². The molecule has 3 heterocycles. The highest BCUT2D eigenvalue weighted by Gasteiger charge is 2.40. The monoisotopic (exact) mass is 496 g/mol. The van der Waals surface area contributed by atoms with Gasteiger partial charge < -0.3 is 14.2 Å². The minimum Gasteiger partial charge on any atom is -0.497 e. The van der Waals surface area contributed by atoms with E-state index in [-0.39, 0.29) is 12.0 Å². The Labute approximate surface area is 207 Å². The van der Waals surface area contributed by atoms with Gasteiger partial charge >= 0.3 is 6.18 Å². The molecule has 0 bridgehead atoms. The van der Waals surface area contributed by atoms with E-state index in [1.54, 1.807) is 37.6 Å². The molecule has 0 fully saturated rings. The van der Waals surface area contributed by atoms with Crippen LogP contribution in [0.1, 0.15) is 17.0 Å². The van der Waals surface area contributed by atoms with E-state index in [4.69, 9.17) is 4.74 Å². The predicted octanol–water partition coefficient (Wildman–Crippen LogP) is 4.85. The Balaban J connectivity index is 1.45. The van der Waals surface area contributed by atoms with E-state index in [0.29, 0.717) is 36.9 Å². The maximum atomic E-state index is 13.8. The number of ether oxygens (including phenoxy) is 1. The number of imidazole rings is 1. The molecule has 0 saturated carbocycles. The molecular formula is C26H27F3N6O. The van der Waals surface area contributed by atoms with Gasteiger partial charge in [0, 0.05) is 35.8 Å². The van der Waals surface area contributed by atoms with Crippen molar-refractivity contribution in [3.63, 3.8) is 0 Å². The third kappa shape index (κ3) is 4.56. The number of alkyl halides is 3. The molecule has 0 atom stereocenters. The van der Waals surface area contributed by atoms with Crippen molar-refractivity contribution in [2.24, 2.45) is 0 Å². The fourth-order valence-electron chi connectivity index (χ4n) is 4.61. The van der Waals surface area contributed by atoms with Crippen molar-refractivity contribution in [3.8, 4) is 22.8 Å². The van der Waals surface area contributed by atoms with Crippen LogP contribution >= 0.6 is 0 Å². The van der Waals surface area contributed by atoms with Crippen LogP contribution in [-0.4, -0.2) is 52.0 Å². The fourth-order valence-corrected chi connectivity index (χ4v) is 4.61. The van der Waals surface area contributed by atoms with Crippen molar-refractivity contribution in [3.05, 3.63) is 77.9 Å². The van der Waals surface area contributed by atoms with Crippen LogP contribution < -0.4 is 9.64 Å². The lowest BCUT2D eigenvalue weighted by molar-refractivity contribution is -0.142. The van der Waals surface area contributed by atoms with Crippen LogP contribution in [0.2, 0.25) is 0 Å². The van der Waals surface area contributed by atoms with Crippen molar-refractivity contribution in [1.82, 2.24) is 24.2 Å². The molecule has 0 spiro atoms. The van der Waals surface area contributed by atoms with E-state index >= 15 is 0 Å². The van der Waals surface area contributed by atoms with Crippen LogP contribution in [0.4, 0.5) is 18.9 Å². The van der Waals surface area contributed by atoms with Gasteiger partial charge in [0.2, 0.25) is 0 Å². The first kappa shape index (κ1) is 23.9. The average Bonchev–Trinajstić information content (AvgIpc) is 3.48. The quantitative estimate of drug-likeness (QED) is 0.382. The van der Waals surface area contributed by atoms with Gasteiger partial charge in [0.1, 0.15) is 11.6 Å². The van der Waals surface area contributed by atoms with E-state index < -0.39 is 11.9 Å². The molecule has 7 nitrogen and oxygen atoms in total. The second-order valence-corrected chi connectivity index (χ2v) is 9.04. The minimum absolute atomic E-state index is 0.259. The molecule has 36 heavy (non-hydrogen) atoms. The smallest absolute Gasteiger partial charge is 0.435 e. The highest BCUT2D eigenvalue weighted by molar-refractivity contribution is 5.61. The van der Waals surface area contributed by atoms with E-state index in [0.717, 1.165) is 17.1 Å². The minimum atomic E-state index is -4.51. The first-order chi connectivity index (χ1) is 17.2. The maximum absolute atomic E-state index is 13.8. The number of hydrogen-bond donors (Lipinski definition) is 0. The number of halogens is 3. The molecule has 2 aromatic heterocycles. The second kappa shape index (κ2) is 9.34. The number of benzene rings is 2. The molecule has 0 amide bonds. The Bertz CT molecular complexity index is 1340. The second-order valence-electron chi connectivity index (χ2n) is 9.04. The molecular weight excluding hydrogens is 469 g/mol. The summed E-state index contributed by atoms with van der Waals surface area (Å²) in [7, 11) is 5.54. The Kier molecular flexibility index (Phi) is 6.21. The van der Waals surface area contributed by atoms with Crippen molar-refractivity contribution in [1.29, 1.82) is 0 Å². The summed E-state index contributed by atoms with van der Waals surface area (Å²) in [5.41, 5.74) is 2.47. The zero-order chi connectivity index (χ0) is 25.4. The Morgan fingerprint density at radius 3 is 2.33 bits per heavy atom. The summed E-state index contributed by atoms with van der Waals surface area (Å²) in [5.74, 6) is 1.49. The van der Waals surface area contributed by atoms with Crippen molar-refractivity contribution < 1.29 is 17.9 Å². The van der Waals surface area contributed by atoms with Gasteiger partial charge in [-0.1, -0.05) is 0 Å². The summed E-state index contributed by atoms with van der Waals surface area (Å²) in [6.45, 7) is 1.50. The molecule has 1 aliphatic heterocycles. The van der Waals surface area contributed by atoms with Gasteiger partial charge in [-0.15, -0.1) is 0 Å². The summed E-state index contributed by atoms with van der Waals surface area (Å²) in [5, 5.41) is 4.01. The standard InChI is InChI=1S/C26H27F3N6O/c1-32(2)17-34-15-13-30-25(34)18-4-6-19(7-5-18)33-14-12-22-23(16-33)35(31-24(22)26(27,28)29)20-8-10-21(36-3)11-9-20/h4-11,13,15H,12,14,16-17H2,1-3H3. The van der Waals surface area contributed by atoms with Gasteiger partial charge in [0.15, 0.2) is 5.69 Å². The lowest BCUT2D eigenvalue weighted by Gasteiger charge is -2.30. The summed E-state index contributed by atoms with van der Waals surface area (Å²) in [4.78, 5) is 8.64. The summed E-state index contributed by atoms with van der Waals surface area (Å²) in [6.07, 6.45) is -0.541. The van der Waals surface area contributed by atoms with Gasteiger partial charge in [-0.25, -0.2) is 9.67 Å². The maximum Gasteiger partial charge on any atom is 0.435 e. The van der Waals surface area contributed by atoms with Crippen molar-refractivity contribution in [2.75, 3.05) is 32.6 Å². The van der Waals surface area contributed by atoms with Crippen LogP contribution in [0.15, 0.2) is 60.9 Å². The van der Waals surface area contributed by atoms with Gasteiger partial charge in [-0.05, 0) is 69.0 Å². The highest BCUT2D eigenvalue weighted by atomic mass is 19.4. The van der Waals surface area contributed by atoms with Crippen LogP contribution in [0.5, 0.6) is 5.75 Å². The lowest BCUT2D eigenvalue weighted by Crippen LogP contribution is -2.31. The predicted molar refractivity (Wildman–Crippen MR) is 131 cm³/mol. The number of methoxy groups -OCH3 is 1. The van der Waals surface area contributed by atoms with Crippen LogP contribution in [0, 0.1) is 0 Å². The van der Waals surface area contributed by atoms with E-state index in [9.17, 15) is 13.2 Å². The fraction of sp³-hybridized carbons (Fsp3) is 0.308. The van der Waals surface area contributed by atoms with Crippen LogP contribution in [0.3, 0.4) is 0 Å². The van der Waals surface area contributed by atoms with E-state index in [2.05, 4.69) is 24.4 Å². The molecule has 4 aromatic rings. The summed E-state index contributed by atoms with van der Waals surface area (Å²) in [6, 6.07) is 14.9. The SMILES string of the molecule is COc1ccc(-n2nc(C(F)(F)F)c3c2CN(c2ccc(-c4nccn4CN(C)C)cc2)CC3)cc1. The number of fused-ring (bicyclic) bond motifs is 1. The van der Waals surface area contributed by atoms with Gasteiger partial charge in [0.05, 0.1) is 31.7 Å². The average molecular weight is 497 g/mol. The molecule has 1 aliphatic rings. The largest absolute Gasteiger partial charge is 0.497 e. The molecule has 188 valence electrons. The summed E-state index contributed by atoms with van der Waals surface area (Å²) >= 11 is 0. The normalized spacial score (nSPS) is 13.8. The van der Waals surface area contributed by atoms with Gasteiger partial charge in [-0.3, -0.25) is 4.90 Å². The Morgan fingerprint density at radius 1 is 1.00 bits per heavy atom. The number of nitrogens with zero attached hydrogens (tertiary/aromatic N) is 6. The van der Waals surface area contributed by atoms with Crippen molar-refractivity contribution >= 4 is 5.69 Å². The molecule has 0 saturated heterocycles. The number of aromatic nitrogens is 4. The third-order valence-corrected chi connectivity index (χ3v) is 6.29. The molecule has 0 N–H and O–H groups in total. The van der Waals surface area contributed by atoms with Gasteiger partial charge in [0.25, 0.3) is 0 Å². The van der Waals surface area contributed by atoms with Gasteiger partial charge in [-0.2, -0.15) is 18.3 Å². The molecule has 10 heteroatoms. The van der Waals surface area contributed by atoms with Crippen LogP contribution in [0.25, 0.3) is 17.1 Å². The Hall–Kier alpha value is -3.79. The molecule has 2 aromatic carbocycles. The molecule has 0 aliphatic carbocycles. The van der Waals surface area contributed by atoms with E-state index in [1.165, 1.54) is 4.68 Å². The molecule has 5 rings (SSSR count). The Morgan fingerprint density at radius 2 is 1.69 bits per heavy atom. The highest BCUT2D eigenvalue weighted by Crippen LogP contribution is 2.37. The number of hydrogen-bond acceptors (Lipinski definition) is 5. The third-order valence-electron chi connectivity index (χ3n) is 6.29. The zero-order valence-corrected chi connectivity index (χ0v) is 20.3. The molecule has 0 radical (unpaired) electrons. The lowest BCUT2D eigenvalue weighted by atomic mass is 10.0. The zero-order valence-electron chi connectivity index (χ0n) is 20.3. The topological polar surface area (TPSA) is 51.4 Å². The molecule has 0 unspecified atom stereocenters. The number of anilines is 1. The summed E-state index contributed by atoms with van der Waals surface area (Å²) < 4.78 is 50.1. The van der Waals surface area contributed by atoms with Crippen LogP contribution in [-0.2, 0) is 25.8 Å².